The van der Waals surface area contributed by atoms with Gasteiger partial charge in [-0.3, -0.25) is 9.59 Å². The lowest BCUT2D eigenvalue weighted by molar-refractivity contribution is 0.0974. The van der Waals surface area contributed by atoms with E-state index in [1.165, 1.54) is 24.3 Å². The van der Waals surface area contributed by atoms with Crippen LogP contribution in [-0.4, -0.2) is 28.9 Å². The van der Waals surface area contributed by atoms with Crippen LogP contribution in [0.4, 0.5) is 0 Å². The first-order valence-electron chi connectivity index (χ1n) is 8.40. The summed E-state index contributed by atoms with van der Waals surface area (Å²) >= 11 is 0. The molecule has 0 bridgehead atoms. The Hall–Kier alpha value is -3.60. The number of carbonyl (C=O) groups excluding carboxylic acids is 2. The predicted molar refractivity (Wildman–Crippen MR) is 98.9 cm³/mol. The average Bonchev–Trinajstić information content (AvgIpc) is 2.66. The molecular weight excluding hydrogens is 344 g/mol. The highest BCUT2D eigenvalue weighted by atomic mass is 16.5. The van der Waals surface area contributed by atoms with Gasteiger partial charge in [-0.2, -0.15) is 0 Å². The van der Waals surface area contributed by atoms with Crippen LogP contribution in [0.3, 0.4) is 0 Å². The van der Waals surface area contributed by atoms with Gasteiger partial charge < -0.3 is 14.9 Å². The lowest BCUT2D eigenvalue weighted by Gasteiger charge is -2.20. The highest BCUT2D eigenvalue weighted by Gasteiger charge is 2.34. The molecule has 134 valence electrons. The molecule has 0 saturated heterocycles. The van der Waals surface area contributed by atoms with Crippen molar-refractivity contribution >= 4 is 11.6 Å². The van der Waals surface area contributed by atoms with Crippen LogP contribution >= 0.6 is 0 Å². The van der Waals surface area contributed by atoms with Crippen molar-refractivity contribution in [3.8, 4) is 17.2 Å². The minimum Gasteiger partial charge on any atom is -0.507 e. The number of aromatic hydroxyl groups is 2. The molecule has 0 unspecified atom stereocenters. The smallest absolute Gasteiger partial charge is 0.201 e. The van der Waals surface area contributed by atoms with E-state index in [0.717, 1.165) is 11.3 Å². The van der Waals surface area contributed by atoms with E-state index < -0.39 is 5.78 Å². The molecular formula is C22H16O5. The van der Waals surface area contributed by atoms with Crippen LogP contribution in [0.5, 0.6) is 17.2 Å². The summed E-state index contributed by atoms with van der Waals surface area (Å²) in [5.41, 5.74) is 1.86. The monoisotopic (exact) mass is 360 g/mol. The highest BCUT2D eigenvalue weighted by Crippen LogP contribution is 2.37. The van der Waals surface area contributed by atoms with E-state index in [1.54, 1.807) is 13.2 Å². The van der Waals surface area contributed by atoms with Crippen molar-refractivity contribution in [2.75, 3.05) is 7.11 Å². The molecule has 1 aliphatic rings. The third-order valence-electron chi connectivity index (χ3n) is 4.73. The third kappa shape index (κ3) is 2.73. The number of hydrogen-bond donors (Lipinski definition) is 2. The van der Waals surface area contributed by atoms with Gasteiger partial charge in [0, 0.05) is 11.1 Å². The van der Waals surface area contributed by atoms with Crippen LogP contribution in [-0.2, 0) is 6.42 Å². The summed E-state index contributed by atoms with van der Waals surface area (Å²) in [7, 11) is 1.59. The number of hydrogen-bond acceptors (Lipinski definition) is 5. The molecule has 5 nitrogen and oxygen atoms in total. The number of phenols is 2. The van der Waals surface area contributed by atoms with Crippen molar-refractivity contribution < 1.29 is 24.5 Å². The minimum atomic E-state index is -0.550. The predicted octanol–water partition coefficient (Wildman–Crippen LogP) is 3.47. The normalized spacial score (nSPS) is 12.5. The van der Waals surface area contributed by atoms with Gasteiger partial charge in [-0.25, -0.2) is 0 Å². The van der Waals surface area contributed by atoms with Crippen molar-refractivity contribution in [3.63, 3.8) is 0 Å². The molecule has 27 heavy (non-hydrogen) atoms. The Bertz CT molecular complexity index is 1080. The van der Waals surface area contributed by atoms with Gasteiger partial charge in [0.15, 0.2) is 5.78 Å². The molecule has 5 heteroatoms. The number of fused-ring (bicyclic) bond motifs is 2. The Morgan fingerprint density at radius 2 is 1.48 bits per heavy atom. The number of rotatable bonds is 3. The average molecular weight is 360 g/mol. The molecule has 0 spiro atoms. The Kier molecular flexibility index (Phi) is 3.92. The highest BCUT2D eigenvalue weighted by molar-refractivity contribution is 6.30. The number of ketones is 2. The quantitative estimate of drug-likeness (QED) is 0.584. The first-order chi connectivity index (χ1) is 13.0. The molecule has 0 aromatic heterocycles. The van der Waals surface area contributed by atoms with E-state index in [4.69, 9.17) is 4.74 Å². The van der Waals surface area contributed by atoms with E-state index in [0.29, 0.717) is 12.0 Å². The van der Waals surface area contributed by atoms with E-state index in [2.05, 4.69) is 0 Å². The molecule has 1 aliphatic carbocycles. The van der Waals surface area contributed by atoms with Crippen molar-refractivity contribution in [2.45, 2.75) is 6.42 Å². The molecule has 0 radical (unpaired) electrons. The number of benzene rings is 3. The van der Waals surface area contributed by atoms with Crippen LogP contribution in [0.2, 0.25) is 0 Å². The van der Waals surface area contributed by atoms with Crippen LogP contribution < -0.4 is 4.74 Å². The van der Waals surface area contributed by atoms with E-state index >= 15 is 0 Å². The standard InChI is InChI=1S/C22H16O5/c1-27-14-7-5-12(6-8-14)9-13-10-16-20(18(24)11-13)22(26)19-15(21(16)25)3-2-4-17(19)23/h2-8,10-11,23-24H,9H2,1H3. The van der Waals surface area contributed by atoms with E-state index in [-0.39, 0.29) is 39.5 Å². The summed E-state index contributed by atoms with van der Waals surface area (Å²) in [6.07, 6.45) is 0.485. The third-order valence-corrected chi connectivity index (χ3v) is 4.73. The summed E-state index contributed by atoms with van der Waals surface area (Å²) in [5, 5.41) is 20.4. The topological polar surface area (TPSA) is 83.8 Å². The molecule has 0 amide bonds. The number of carbonyl (C=O) groups is 2. The SMILES string of the molecule is COc1ccc(Cc2cc(O)c3c(c2)C(=O)c2cccc(O)c2C3=O)cc1. The van der Waals surface area contributed by atoms with Crippen molar-refractivity contribution in [2.24, 2.45) is 0 Å². The van der Waals surface area contributed by atoms with E-state index in [9.17, 15) is 19.8 Å². The zero-order chi connectivity index (χ0) is 19.1. The summed E-state index contributed by atoms with van der Waals surface area (Å²) in [4.78, 5) is 25.6. The van der Waals surface area contributed by atoms with Crippen molar-refractivity contribution in [1.82, 2.24) is 0 Å². The molecule has 4 rings (SSSR count). The minimum absolute atomic E-state index is 0.0618. The maximum Gasteiger partial charge on any atom is 0.201 e. The molecule has 3 aromatic rings. The largest absolute Gasteiger partial charge is 0.507 e. The Labute approximate surface area is 155 Å². The second-order valence-corrected chi connectivity index (χ2v) is 6.42. The van der Waals surface area contributed by atoms with Crippen LogP contribution in [0, 0.1) is 0 Å². The number of ether oxygens (including phenoxy) is 1. The van der Waals surface area contributed by atoms with Crippen molar-refractivity contribution in [3.05, 3.63) is 88.0 Å². The van der Waals surface area contributed by atoms with Gasteiger partial charge >= 0.3 is 0 Å². The zero-order valence-electron chi connectivity index (χ0n) is 14.5. The molecule has 0 aliphatic heterocycles. The Balaban J connectivity index is 1.77. The second kappa shape index (κ2) is 6.29. The van der Waals surface area contributed by atoms with Crippen LogP contribution in [0.15, 0.2) is 54.6 Å². The number of methoxy groups -OCH3 is 1. The fourth-order valence-corrected chi connectivity index (χ4v) is 3.42. The molecule has 0 atom stereocenters. The molecule has 0 fully saturated rings. The van der Waals surface area contributed by atoms with Gasteiger partial charge in [-0.15, -0.1) is 0 Å². The molecule has 0 heterocycles. The Morgan fingerprint density at radius 1 is 0.778 bits per heavy atom. The zero-order valence-corrected chi connectivity index (χ0v) is 14.5. The fraction of sp³-hybridized carbons (Fsp3) is 0.0909. The second-order valence-electron chi connectivity index (χ2n) is 6.42. The first kappa shape index (κ1) is 16.8. The van der Waals surface area contributed by atoms with Gasteiger partial charge in [0.25, 0.3) is 0 Å². The molecule has 3 aromatic carbocycles. The number of phenolic OH excluding ortho intramolecular Hbond substituents is 2. The van der Waals surface area contributed by atoms with Gasteiger partial charge in [0.2, 0.25) is 5.78 Å². The molecule has 2 N–H and O–H groups in total. The fourth-order valence-electron chi connectivity index (χ4n) is 3.42. The summed E-state index contributed by atoms with van der Waals surface area (Å²) in [6.45, 7) is 0. The maximum atomic E-state index is 12.9. The van der Waals surface area contributed by atoms with Crippen LogP contribution in [0.1, 0.15) is 43.0 Å². The maximum absolute atomic E-state index is 12.9. The van der Waals surface area contributed by atoms with Gasteiger partial charge in [-0.05, 0) is 47.9 Å². The molecule has 0 saturated carbocycles. The van der Waals surface area contributed by atoms with Crippen molar-refractivity contribution in [1.29, 1.82) is 0 Å². The first-order valence-corrected chi connectivity index (χ1v) is 8.40. The van der Waals surface area contributed by atoms with Gasteiger partial charge in [-0.1, -0.05) is 24.3 Å². The van der Waals surface area contributed by atoms with Gasteiger partial charge in [0.05, 0.1) is 18.2 Å². The lowest BCUT2D eigenvalue weighted by atomic mass is 9.82. The summed E-state index contributed by atoms with van der Waals surface area (Å²) in [5.74, 6) is -0.723. The van der Waals surface area contributed by atoms with Crippen LogP contribution in [0.25, 0.3) is 0 Å². The lowest BCUT2D eigenvalue weighted by Crippen LogP contribution is -2.21. The summed E-state index contributed by atoms with van der Waals surface area (Å²) < 4.78 is 5.14. The Morgan fingerprint density at radius 3 is 2.19 bits per heavy atom. The van der Waals surface area contributed by atoms with E-state index in [1.807, 2.05) is 24.3 Å². The van der Waals surface area contributed by atoms with Gasteiger partial charge in [0.1, 0.15) is 17.2 Å². The summed E-state index contributed by atoms with van der Waals surface area (Å²) in [6, 6.07) is 15.0.